The fourth-order valence-corrected chi connectivity index (χ4v) is 2.83. The molecule has 9 nitrogen and oxygen atoms in total. The second kappa shape index (κ2) is 7.83. The normalized spacial score (nSPS) is 20.4. The standard InChI is InChI=1S/C21H20N4O5/c1-20(2,19(28)29)12-25-18(27)16-17(26)15-5-6-21(11-22,8-13(15)9-24-16)30-14-4-3-7-23-10-14/h3-8,10,26H,9,12H2,1-2H3,(H,25,27)(H,28,29). The Morgan fingerprint density at radius 1 is 1.43 bits per heavy atom. The molecular weight excluding hydrogens is 388 g/mol. The summed E-state index contributed by atoms with van der Waals surface area (Å²) in [6.45, 7) is 2.88. The predicted octanol–water partition coefficient (Wildman–Crippen LogP) is 1.71. The number of amides is 1. The summed E-state index contributed by atoms with van der Waals surface area (Å²) >= 11 is 0. The van der Waals surface area contributed by atoms with Gasteiger partial charge in [-0.05, 0) is 49.8 Å². The van der Waals surface area contributed by atoms with Gasteiger partial charge in [-0.25, -0.2) is 0 Å². The van der Waals surface area contributed by atoms with E-state index < -0.39 is 22.9 Å². The Labute approximate surface area is 172 Å². The number of nitrogens with zero attached hydrogens (tertiary/aromatic N) is 3. The number of hydrogen-bond donors (Lipinski definition) is 3. The molecule has 9 heteroatoms. The third-order valence-electron chi connectivity index (χ3n) is 4.70. The number of aliphatic carboxylic acids is 1. The van der Waals surface area contributed by atoms with Gasteiger partial charge in [0.2, 0.25) is 5.60 Å². The van der Waals surface area contributed by atoms with Crippen LogP contribution < -0.4 is 10.1 Å². The van der Waals surface area contributed by atoms with Crippen LogP contribution in [0.15, 0.2) is 64.7 Å². The molecule has 3 N–H and O–H groups in total. The van der Waals surface area contributed by atoms with Crippen LogP contribution in [-0.2, 0) is 9.59 Å². The number of pyridine rings is 1. The van der Waals surface area contributed by atoms with Crippen LogP contribution in [0.25, 0.3) is 0 Å². The van der Waals surface area contributed by atoms with Crippen LogP contribution in [0.3, 0.4) is 0 Å². The number of aliphatic hydroxyl groups is 1. The Morgan fingerprint density at radius 2 is 2.20 bits per heavy atom. The van der Waals surface area contributed by atoms with Crippen molar-refractivity contribution >= 4 is 17.6 Å². The second-order valence-electron chi connectivity index (χ2n) is 7.50. The highest BCUT2D eigenvalue weighted by molar-refractivity contribution is 6.45. The lowest BCUT2D eigenvalue weighted by atomic mass is 9.87. The van der Waals surface area contributed by atoms with Crippen LogP contribution in [0.1, 0.15) is 13.8 Å². The first kappa shape index (κ1) is 20.8. The highest BCUT2D eigenvalue weighted by Gasteiger charge is 2.35. The lowest BCUT2D eigenvalue weighted by molar-refractivity contribution is -0.146. The number of carboxylic acid groups (broad SMARTS) is 1. The van der Waals surface area contributed by atoms with Crippen LogP contribution in [0.4, 0.5) is 0 Å². The Balaban J connectivity index is 1.80. The molecule has 1 atom stereocenters. The lowest BCUT2D eigenvalue weighted by Crippen LogP contribution is -2.43. The zero-order valence-corrected chi connectivity index (χ0v) is 16.4. The van der Waals surface area contributed by atoms with Gasteiger partial charge in [0, 0.05) is 18.3 Å². The molecule has 0 bridgehead atoms. The summed E-state index contributed by atoms with van der Waals surface area (Å²) in [6.07, 6.45) is 7.59. The molecule has 1 aliphatic heterocycles. The minimum Gasteiger partial charge on any atom is -0.505 e. The zero-order chi connectivity index (χ0) is 21.9. The number of nitriles is 1. The van der Waals surface area contributed by atoms with E-state index >= 15 is 0 Å². The van der Waals surface area contributed by atoms with Crippen LogP contribution in [-0.4, -0.2) is 51.5 Å². The molecule has 0 aromatic carbocycles. The van der Waals surface area contributed by atoms with Gasteiger partial charge in [0.1, 0.15) is 11.8 Å². The summed E-state index contributed by atoms with van der Waals surface area (Å²) in [6, 6.07) is 5.44. The first-order chi connectivity index (χ1) is 14.2. The minimum absolute atomic E-state index is 0.0502. The van der Waals surface area contributed by atoms with Crippen molar-refractivity contribution in [1.82, 2.24) is 10.3 Å². The quantitative estimate of drug-likeness (QED) is 0.650. The molecule has 1 unspecified atom stereocenters. The van der Waals surface area contributed by atoms with E-state index in [4.69, 9.17) is 9.84 Å². The van der Waals surface area contributed by atoms with Crippen molar-refractivity contribution in [1.29, 1.82) is 5.26 Å². The maximum absolute atomic E-state index is 12.4. The maximum Gasteiger partial charge on any atom is 0.310 e. The van der Waals surface area contributed by atoms with Gasteiger partial charge >= 0.3 is 5.97 Å². The number of fused-ring (bicyclic) bond motifs is 1. The van der Waals surface area contributed by atoms with Gasteiger partial charge in [-0.3, -0.25) is 19.6 Å². The molecule has 30 heavy (non-hydrogen) atoms. The topological polar surface area (TPSA) is 145 Å². The third kappa shape index (κ3) is 4.07. The Bertz CT molecular complexity index is 1050. The number of carboxylic acids is 1. The van der Waals surface area contributed by atoms with E-state index in [2.05, 4.69) is 21.4 Å². The number of carbonyl (C=O) groups is 2. The van der Waals surface area contributed by atoms with Crippen LogP contribution >= 0.6 is 0 Å². The van der Waals surface area contributed by atoms with Crippen molar-refractivity contribution < 1.29 is 24.5 Å². The molecule has 2 heterocycles. The number of dihydropyridines is 1. The SMILES string of the molecule is CC(C)(CNC(=O)C1=NCC2=CC(C#N)(Oc3cccnc3)C=CC2=C1O)C(=O)O. The van der Waals surface area contributed by atoms with Crippen molar-refractivity contribution in [3.8, 4) is 11.8 Å². The fraction of sp³-hybridized carbons (Fsp3) is 0.286. The highest BCUT2D eigenvalue weighted by Crippen LogP contribution is 2.32. The summed E-state index contributed by atoms with van der Waals surface area (Å²) in [4.78, 5) is 31.7. The fourth-order valence-electron chi connectivity index (χ4n) is 2.83. The summed E-state index contributed by atoms with van der Waals surface area (Å²) in [5.74, 6) is -1.68. The van der Waals surface area contributed by atoms with E-state index in [0.29, 0.717) is 16.9 Å². The molecule has 2 aliphatic rings. The van der Waals surface area contributed by atoms with Crippen molar-refractivity contribution in [2.75, 3.05) is 13.1 Å². The molecule has 1 amide bonds. The molecule has 1 aromatic rings. The maximum atomic E-state index is 12.4. The number of carbonyl (C=O) groups excluding carboxylic acids is 1. The van der Waals surface area contributed by atoms with Gasteiger partial charge in [-0.15, -0.1) is 0 Å². The van der Waals surface area contributed by atoms with Crippen molar-refractivity contribution in [3.63, 3.8) is 0 Å². The number of aliphatic hydroxyl groups excluding tert-OH is 1. The van der Waals surface area contributed by atoms with E-state index in [0.717, 1.165) is 0 Å². The molecule has 0 radical (unpaired) electrons. The zero-order valence-electron chi connectivity index (χ0n) is 16.4. The van der Waals surface area contributed by atoms with Gasteiger partial charge in [-0.1, -0.05) is 0 Å². The molecule has 154 valence electrons. The number of aromatic nitrogens is 1. The number of rotatable bonds is 6. The Morgan fingerprint density at radius 3 is 2.83 bits per heavy atom. The van der Waals surface area contributed by atoms with Crippen LogP contribution in [0, 0.1) is 16.7 Å². The summed E-state index contributed by atoms with van der Waals surface area (Å²) in [5.41, 5.74) is -1.87. The molecule has 1 aliphatic carbocycles. The second-order valence-corrected chi connectivity index (χ2v) is 7.50. The first-order valence-electron chi connectivity index (χ1n) is 9.09. The third-order valence-corrected chi connectivity index (χ3v) is 4.70. The minimum atomic E-state index is -1.40. The predicted molar refractivity (Wildman–Crippen MR) is 107 cm³/mol. The molecular formula is C21H20N4O5. The van der Waals surface area contributed by atoms with Gasteiger partial charge in [0.15, 0.2) is 11.5 Å². The molecule has 1 aromatic heterocycles. The summed E-state index contributed by atoms with van der Waals surface area (Å²) in [7, 11) is 0. The highest BCUT2D eigenvalue weighted by atomic mass is 16.5. The average Bonchev–Trinajstić information content (AvgIpc) is 2.73. The van der Waals surface area contributed by atoms with E-state index in [1.54, 1.807) is 18.3 Å². The van der Waals surface area contributed by atoms with Crippen molar-refractivity contribution in [3.05, 3.63) is 59.7 Å². The molecule has 0 fully saturated rings. The van der Waals surface area contributed by atoms with E-state index in [1.165, 1.54) is 38.3 Å². The van der Waals surface area contributed by atoms with Crippen LogP contribution in [0.5, 0.6) is 5.75 Å². The molecule has 0 saturated heterocycles. The number of ether oxygens (including phenoxy) is 1. The molecule has 0 spiro atoms. The number of hydrogen-bond acceptors (Lipinski definition) is 7. The van der Waals surface area contributed by atoms with Crippen molar-refractivity contribution in [2.24, 2.45) is 10.4 Å². The summed E-state index contributed by atoms with van der Waals surface area (Å²) < 4.78 is 5.77. The van der Waals surface area contributed by atoms with Crippen molar-refractivity contribution in [2.45, 2.75) is 19.4 Å². The largest absolute Gasteiger partial charge is 0.505 e. The first-order valence-corrected chi connectivity index (χ1v) is 9.09. The lowest BCUT2D eigenvalue weighted by Gasteiger charge is -2.28. The van der Waals surface area contributed by atoms with E-state index in [9.17, 15) is 20.0 Å². The van der Waals surface area contributed by atoms with E-state index in [1.807, 2.05) is 0 Å². The van der Waals surface area contributed by atoms with Gasteiger partial charge in [0.25, 0.3) is 5.91 Å². The average molecular weight is 408 g/mol. The number of nitrogens with one attached hydrogen (secondary N) is 1. The number of aliphatic imine (C=N–C) groups is 1. The Kier molecular flexibility index (Phi) is 5.43. The Hall–Kier alpha value is -3.93. The van der Waals surface area contributed by atoms with Gasteiger partial charge in [0.05, 0.1) is 18.2 Å². The van der Waals surface area contributed by atoms with Crippen LogP contribution in [0.2, 0.25) is 0 Å². The van der Waals surface area contributed by atoms with Gasteiger partial charge in [-0.2, -0.15) is 5.26 Å². The van der Waals surface area contributed by atoms with Gasteiger partial charge < -0.3 is 20.3 Å². The smallest absolute Gasteiger partial charge is 0.310 e. The molecule has 3 rings (SSSR count). The number of allylic oxidation sites excluding steroid dienone is 1. The monoisotopic (exact) mass is 408 g/mol. The molecule has 0 saturated carbocycles. The summed E-state index contributed by atoms with van der Waals surface area (Å²) in [5, 5.41) is 31.9. The van der Waals surface area contributed by atoms with E-state index in [-0.39, 0.29) is 24.6 Å².